The second-order valence-corrected chi connectivity index (χ2v) is 5.15. The van der Waals surface area contributed by atoms with Crippen molar-refractivity contribution in [3.05, 3.63) is 33.8 Å². The highest BCUT2D eigenvalue weighted by Gasteiger charge is 2.40. The third-order valence-corrected chi connectivity index (χ3v) is 3.51. The number of aliphatic hydroxyl groups is 2. The fourth-order valence-electron chi connectivity index (χ4n) is 2.04. The van der Waals surface area contributed by atoms with Crippen LogP contribution in [0.2, 0.25) is 0 Å². The molecule has 0 saturated carbocycles. The zero-order valence-corrected chi connectivity index (χ0v) is 9.58. The largest absolute Gasteiger partial charge is 0.396 e. The highest BCUT2D eigenvalue weighted by Crippen LogP contribution is 2.45. The molecule has 0 fully saturated rings. The summed E-state index contributed by atoms with van der Waals surface area (Å²) in [7, 11) is 0. The molecule has 2 atom stereocenters. The van der Waals surface area contributed by atoms with Crippen molar-refractivity contribution in [2.45, 2.75) is 19.4 Å². The standard InChI is InChI=1S/C11H13BrO2/c1-11(6-13)5-7-4-8(12)2-3-9(7)10(11)14/h2-4,10,13-14H,5-6H2,1H3/t10-,11+/m0/s1. The van der Waals surface area contributed by atoms with Gasteiger partial charge in [-0.15, -0.1) is 0 Å². The van der Waals surface area contributed by atoms with Crippen LogP contribution in [0.1, 0.15) is 24.2 Å². The monoisotopic (exact) mass is 256 g/mol. The lowest BCUT2D eigenvalue weighted by atomic mass is 9.86. The first-order valence-corrected chi connectivity index (χ1v) is 5.43. The Morgan fingerprint density at radius 2 is 2.29 bits per heavy atom. The van der Waals surface area contributed by atoms with Gasteiger partial charge in [0, 0.05) is 9.89 Å². The molecule has 1 aromatic rings. The molecule has 0 radical (unpaired) electrons. The molecule has 0 bridgehead atoms. The summed E-state index contributed by atoms with van der Waals surface area (Å²) in [4.78, 5) is 0. The van der Waals surface area contributed by atoms with E-state index in [1.807, 2.05) is 25.1 Å². The van der Waals surface area contributed by atoms with E-state index in [0.717, 1.165) is 22.0 Å². The summed E-state index contributed by atoms with van der Waals surface area (Å²) in [5.74, 6) is 0. The molecule has 0 aliphatic heterocycles. The van der Waals surface area contributed by atoms with Crippen LogP contribution in [0.15, 0.2) is 22.7 Å². The Kier molecular flexibility index (Phi) is 2.41. The van der Waals surface area contributed by atoms with E-state index in [-0.39, 0.29) is 6.61 Å². The molecule has 0 heterocycles. The molecule has 2 N–H and O–H groups in total. The van der Waals surface area contributed by atoms with Crippen LogP contribution in [0.4, 0.5) is 0 Å². The van der Waals surface area contributed by atoms with E-state index in [1.54, 1.807) is 0 Å². The Morgan fingerprint density at radius 3 is 2.93 bits per heavy atom. The lowest BCUT2D eigenvalue weighted by Gasteiger charge is -2.25. The van der Waals surface area contributed by atoms with Crippen LogP contribution < -0.4 is 0 Å². The van der Waals surface area contributed by atoms with E-state index in [1.165, 1.54) is 0 Å². The Morgan fingerprint density at radius 1 is 1.57 bits per heavy atom. The lowest BCUT2D eigenvalue weighted by molar-refractivity contribution is 0.00783. The maximum atomic E-state index is 10.0. The summed E-state index contributed by atoms with van der Waals surface area (Å²) in [5, 5.41) is 19.3. The lowest BCUT2D eigenvalue weighted by Crippen LogP contribution is -2.26. The van der Waals surface area contributed by atoms with Crippen LogP contribution >= 0.6 is 15.9 Å². The van der Waals surface area contributed by atoms with E-state index in [9.17, 15) is 10.2 Å². The van der Waals surface area contributed by atoms with Crippen LogP contribution in [0.3, 0.4) is 0 Å². The summed E-state index contributed by atoms with van der Waals surface area (Å²) in [6.07, 6.45) is 0.190. The van der Waals surface area contributed by atoms with Gasteiger partial charge in [-0.2, -0.15) is 0 Å². The highest BCUT2D eigenvalue weighted by molar-refractivity contribution is 9.10. The molecule has 0 unspecified atom stereocenters. The second kappa shape index (κ2) is 3.33. The average Bonchev–Trinajstić information content (AvgIpc) is 2.40. The number of halogens is 1. The summed E-state index contributed by atoms with van der Waals surface area (Å²) in [6, 6.07) is 5.86. The summed E-state index contributed by atoms with van der Waals surface area (Å²) in [5.41, 5.74) is 1.66. The van der Waals surface area contributed by atoms with Gasteiger partial charge >= 0.3 is 0 Å². The van der Waals surface area contributed by atoms with E-state index < -0.39 is 11.5 Å². The van der Waals surface area contributed by atoms with Crippen LogP contribution in [0.25, 0.3) is 0 Å². The quantitative estimate of drug-likeness (QED) is 0.808. The first-order valence-electron chi connectivity index (χ1n) is 4.64. The SMILES string of the molecule is C[C@]1(CO)Cc2cc(Br)ccc2[C@@H]1O. The Bertz CT molecular complexity index is 364. The average molecular weight is 257 g/mol. The predicted molar refractivity (Wildman–Crippen MR) is 58.0 cm³/mol. The Hall–Kier alpha value is -0.380. The van der Waals surface area contributed by atoms with Crippen molar-refractivity contribution in [2.75, 3.05) is 6.61 Å². The van der Waals surface area contributed by atoms with E-state index in [0.29, 0.717) is 0 Å². The smallest absolute Gasteiger partial charge is 0.0871 e. The molecule has 1 aromatic carbocycles. The van der Waals surface area contributed by atoms with Gasteiger partial charge in [-0.05, 0) is 29.7 Å². The van der Waals surface area contributed by atoms with Crippen LogP contribution in [0, 0.1) is 5.41 Å². The molecule has 3 heteroatoms. The fourth-order valence-corrected chi connectivity index (χ4v) is 2.45. The van der Waals surface area contributed by atoms with Gasteiger partial charge in [0.2, 0.25) is 0 Å². The highest BCUT2D eigenvalue weighted by atomic mass is 79.9. The number of benzene rings is 1. The second-order valence-electron chi connectivity index (χ2n) is 4.23. The zero-order valence-electron chi connectivity index (χ0n) is 8.00. The van der Waals surface area contributed by atoms with E-state index in [2.05, 4.69) is 15.9 Å². The third kappa shape index (κ3) is 1.40. The van der Waals surface area contributed by atoms with Gasteiger partial charge in [0.1, 0.15) is 0 Å². The molecule has 1 aliphatic carbocycles. The Labute approximate surface area is 91.7 Å². The van der Waals surface area contributed by atoms with E-state index in [4.69, 9.17) is 0 Å². The number of hydrogen-bond donors (Lipinski definition) is 2. The first kappa shape index (κ1) is 10.1. The van der Waals surface area contributed by atoms with Crippen molar-refractivity contribution >= 4 is 15.9 Å². The normalized spacial score (nSPS) is 30.4. The molecular formula is C11H13BrO2. The molecule has 76 valence electrons. The molecule has 0 spiro atoms. The maximum Gasteiger partial charge on any atom is 0.0871 e. The maximum absolute atomic E-state index is 10.0. The molecule has 0 saturated heterocycles. The van der Waals surface area contributed by atoms with Crippen molar-refractivity contribution in [1.29, 1.82) is 0 Å². The molecule has 0 aromatic heterocycles. The molecule has 1 aliphatic rings. The third-order valence-electron chi connectivity index (χ3n) is 3.02. The molecule has 0 amide bonds. The predicted octanol–water partition coefficient (Wildman–Crippen LogP) is 2.04. The minimum Gasteiger partial charge on any atom is -0.396 e. The van der Waals surface area contributed by atoms with Crippen molar-refractivity contribution in [3.8, 4) is 0 Å². The van der Waals surface area contributed by atoms with Gasteiger partial charge < -0.3 is 10.2 Å². The van der Waals surface area contributed by atoms with Gasteiger partial charge in [-0.25, -0.2) is 0 Å². The summed E-state index contributed by atoms with van der Waals surface area (Å²) in [6.45, 7) is 1.92. The van der Waals surface area contributed by atoms with Crippen molar-refractivity contribution in [1.82, 2.24) is 0 Å². The fraction of sp³-hybridized carbons (Fsp3) is 0.455. The van der Waals surface area contributed by atoms with Crippen molar-refractivity contribution in [2.24, 2.45) is 5.41 Å². The van der Waals surface area contributed by atoms with Crippen molar-refractivity contribution in [3.63, 3.8) is 0 Å². The minimum atomic E-state index is -0.546. The van der Waals surface area contributed by atoms with Crippen LogP contribution in [-0.2, 0) is 6.42 Å². The number of aliphatic hydroxyl groups excluding tert-OH is 2. The van der Waals surface area contributed by atoms with Gasteiger partial charge in [0.25, 0.3) is 0 Å². The van der Waals surface area contributed by atoms with Gasteiger partial charge in [0.05, 0.1) is 12.7 Å². The molecule has 2 nitrogen and oxygen atoms in total. The van der Waals surface area contributed by atoms with E-state index >= 15 is 0 Å². The van der Waals surface area contributed by atoms with Crippen LogP contribution in [0.5, 0.6) is 0 Å². The number of hydrogen-bond acceptors (Lipinski definition) is 2. The summed E-state index contributed by atoms with van der Waals surface area (Å²) >= 11 is 3.40. The number of fused-ring (bicyclic) bond motifs is 1. The topological polar surface area (TPSA) is 40.5 Å². The zero-order chi connectivity index (χ0) is 10.3. The molecule has 14 heavy (non-hydrogen) atoms. The van der Waals surface area contributed by atoms with Gasteiger partial charge in [-0.1, -0.05) is 28.9 Å². The Balaban J connectivity index is 2.45. The summed E-state index contributed by atoms with van der Waals surface area (Å²) < 4.78 is 1.02. The van der Waals surface area contributed by atoms with Gasteiger partial charge in [0.15, 0.2) is 0 Å². The number of rotatable bonds is 1. The first-order chi connectivity index (χ1) is 6.57. The molecule has 2 rings (SSSR count). The minimum absolute atomic E-state index is 0.0144. The van der Waals surface area contributed by atoms with Crippen molar-refractivity contribution < 1.29 is 10.2 Å². The molecular weight excluding hydrogens is 244 g/mol. The van der Waals surface area contributed by atoms with Gasteiger partial charge in [-0.3, -0.25) is 0 Å². The van der Waals surface area contributed by atoms with Crippen LogP contribution in [-0.4, -0.2) is 16.8 Å².